The number of allylic oxidation sites excluding steroid dienone is 1. The molecule has 0 N–H and O–H groups in total. The molecule has 0 saturated heterocycles. The third-order valence-corrected chi connectivity index (χ3v) is 5.08. The molecule has 0 fully saturated rings. The van der Waals surface area contributed by atoms with Gasteiger partial charge in [-0.1, -0.05) is 17.4 Å². The molecular formula is C21H20N2O4S. The zero-order valence-corrected chi connectivity index (χ0v) is 16.5. The fourth-order valence-corrected chi connectivity index (χ4v) is 3.77. The van der Waals surface area contributed by atoms with Gasteiger partial charge in [0.05, 0.1) is 29.5 Å². The highest BCUT2D eigenvalue weighted by molar-refractivity contribution is 7.16. The summed E-state index contributed by atoms with van der Waals surface area (Å²) in [6, 6.07) is 12.1. The Morgan fingerprint density at radius 2 is 1.89 bits per heavy atom. The minimum Gasteiger partial charge on any atom is -0.497 e. The van der Waals surface area contributed by atoms with Gasteiger partial charge >= 0.3 is 5.97 Å². The van der Waals surface area contributed by atoms with E-state index in [2.05, 4.69) is 11.6 Å². The van der Waals surface area contributed by atoms with Crippen molar-refractivity contribution in [3.63, 3.8) is 0 Å². The van der Waals surface area contributed by atoms with Gasteiger partial charge in [0.1, 0.15) is 5.75 Å². The molecule has 1 heterocycles. The zero-order valence-electron chi connectivity index (χ0n) is 15.7. The van der Waals surface area contributed by atoms with E-state index in [1.165, 1.54) is 11.3 Å². The monoisotopic (exact) mass is 396 g/mol. The number of ether oxygens (including phenoxy) is 2. The number of carbonyl (C=O) groups is 2. The van der Waals surface area contributed by atoms with Gasteiger partial charge in [-0.2, -0.15) is 4.99 Å². The summed E-state index contributed by atoms with van der Waals surface area (Å²) in [6.07, 6.45) is 1.74. The molecule has 2 aromatic carbocycles. The molecule has 0 atom stereocenters. The summed E-state index contributed by atoms with van der Waals surface area (Å²) in [5, 5.41) is 0. The Kier molecular flexibility index (Phi) is 6.06. The first kappa shape index (κ1) is 19.6. The number of methoxy groups -OCH3 is 1. The molecule has 7 heteroatoms. The van der Waals surface area contributed by atoms with Crippen molar-refractivity contribution in [2.45, 2.75) is 13.5 Å². The van der Waals surface area contributed by atoms with E-state index in [-0.39, 0.29) is 11.9 Å². The van der Waals surface area contributed by atoms with Gasteiger partial charge in [0.15, 0.2) is 4.80 Å². The number of benzene rings is 2. The van der Waals surface area contributed by atoms with Crippen molar-refractivity contribution in [3.05, 3.63) is 71.0 Å². The topological polar surface area (TPSA) is 69.9 Å². The van der Waals surface area contributed by atoms with Crippen molar-refractivity contribution >= 4 is 33.4 Å². The lowest BCUT2D eigenvalue weighted by Gasteiger charge is -2.03. The SMILES string of the molecule is C=CCn1c(=NC(=O)c2ccc(OC)cc2)sc2cc(C(=O)OCC)ccc21. The first-order valence-electron chi connectivity index (χ1n) is 8.72. The van der Waals surface area contributed by atoms with Crippen LogP contribution in [0.15, 0.2) is 60.1 Å². The summed E-state index contributed by atoms with van der Waals surface area (Å²) >= 11 is 1.34. The van der Waals surface area contributed by atoms with Crippen LogP contribution in [0.4, 0.5) is 0 Å². The molecule has 3 aromatic rings. The molecule has 0 spiro atoms. The van der Waals surface area contributed by atoms with Crippen LogP contribution in [0.5, 0.6) is 5.75 Å². The predicted molar refractivity (Wildman–Crippen MR) is 109 cm³/mol. The molecule has 28 heavy (non-hydrogen) atoms. The highest BCUT2D eigenvalue weighted by atomic mass is 32.1. The Morgan fingerprint density at radius 1 is 1.18 bits per heavy atom. The molecule has 0 saturated carbocycles. The Bertz CT molecular complexity index is 1090. The number of hydrogen-bond acceptors (Lipinski definition) is 5. The summed E-state index contributed by atoms with van der Waals surface area (Å²) in [5.41, 5.74) is 1.81. The normalized spacial score (nSPS) is 11.4. The quantitative estimate of drug-likeness (QED) is 0.469. The van der Waals surface area contributed by atoms with Crippen LogP contribution in [0.25, 0.3) is 10.2 Å². The van der Waals surface area contributed by atoms with E-state index in [1.54, 1.807) is 56.5 Å². The number of thiazole rings is 1. The first-order valence-corrected chi connectivity index (χ1v) is 9.53. The second-order valence-corrected chi connectivity index (χ2v) is 6.84. The van der Waals surface area contributed by atoms with Crippen LogP contribution in [0, 0.1) is 0 Å². The Hall–Kier alpha value is -3.19. The molecule has 3 rings (SSSR count). The van der Waals surface area contributed by atoms with Gasteiger partial charge in [0.2, 0.25) is 0 Å². The van der Waals surface area contributed by atoms with E-state index in [0.717, 1.165) is 10.2 Å². The van der Waals surface area contributed by atoms with Crippen LogP contribution < -0.4 is 9.54 Å². The number of hydrogen-bond donors (Lipinski definition) is 0. The van der Waals surface area contributed by atoms with E-state index < -0.39 is 0 Å². The van der Waals surface area contributed by atoms with Crippen molar-refractivity contribution in [2.24, 2.45) is 4.99 Å². The molecule has 0 unspecified atom stereocenters. The average molecular weight is 396 g/mol. The number of rotatable bonds is 6. The summed E-state index contributed by atoms with van der Waals surface area (Å²) in [6.45, 7) is 6.35. The maximum atomic E-state index is 12.6. The van der Waals surface area contributed by atoms with Gasteiger partial charge in [0.25, 0.3) is 5.91 Å². The van der Waals surface area contributed by atoms with Gasteiger partial charge in [-0.15, -0.1) is 6.58 Å². The minimum atomic E-state index is -0.374. The van der Waals surface area contributed by atoms with Crippen LogP contribution in [-0.4, -0.2) is 30.2 Å². The van der Waals surface area contributed by atoms with Gasteiger partial charge in [0, 0.05) is 12.1 Å². The summed E-state index contributed by atoms with van der Waals surface area (Å²) in [5.74, 6) is -0.0508. The molecule has 0 aliphatic rings. The Labute approximate surface area is 166 Å². The maximum absolute atomic E-state index is 12.6. The van der Waals surface area contributed by atoms with Crippen molar-refractivity contribution in [3.8, 4) is 5.75 Å². The smallest absolute Gasteiger partial charge is 0.338 e. The fraction of sp³-hybridized carbons (Fsp3) is 0.190. The third kappa shape index (κ3) is 4.04. The second kappa shape index (κ2) is 8.67. The minimum absolute atomic E-state index is 0.314. The van der Waals surface area contributed by atoms with Gasteiger partial charge in [-0.3, -0.25) is 4.79 Å². The van der Waals surface area contributed by atoms with E-state index in [0.29, 0.717) is 34.8 Å². The average Bonchev–Trinajstić information content (AvgIpc) is 3.04. The largest absolute Gasteiger partial charge is 0.497 e. The lowest BCUT2D eigenvalue weighted by atomic mass is 10.2. The van der Waals surface area contributed by atoms with Gasteiger partial charge in [-0.05, 0) is 49.4 Å². The van der Waals surface area contributed by atoms with Crippen molar-refractivity contribution in [1.29, 1.82) is 0 Å². The van der Waals surface area contributed by atoms with Crippen LogP contribution in [-0.2, 0) is 11.3 Å². The lowest BCUT2D eigenvalue weighted by Crippen LogP contribution is -2.16. The molecule has 144 valence electrons. The van der Waals surface area contributed by atoms with Crippen LogP contribution in [0.1, 0.15) is 27.6 Å². The maximum Gasteiger partial charge on any atom is 0.338 e. The van der Waals surface area contributed by atoms with Crippen molar-refractivity contribution in [2.75, 3.05) is 13.7 Å². The summed E-state index contributed by atoms with van der Waals surface area (Å²) in [7, 11) is 1.57. The number of nitrogens with zero attached hydrogens (tertiary/aromatic N) is 2. The molecule has 0 aliphatic heterocycles. The highest BCUT2D eigenvalue weighted by Gasteiger charge is 2.12. The molecule has 1 amide bonds. The third-order valence-electron chi connectivity index (χ3n) is 4.04. The number of amides is 1. The van der Waals surface area contributed by atoms with Crippen molar-refractivity contribution < 1.29 is 19.1 Å². The number of carbonyl (C=O) groups excluding carboxylic acids is 2. The molecule has 1 aromatic heterocycles. The molecular weight excluding hydrogens is 376 g/mol. The second-order valence-electron chi connectivity index (χ2n) is 5.83. The first-order chi connectivity index (χ1) is 13.6. The number of aromatic nitrogens is 1. The van der Waals surface area contributed by atoms with E-state index in [4.69, 9.17) is 9.47 Å². The van der Waals surface area contributed by atoms with Crippen LogP contribution in [0.3, 0.4) is 0 Å². The zero-order chi connectivity index (χ0) is 20.1. The summed E-state index contributed by atoms with van der Waals surface area (Å²) in [4.78, 5) is 29.4. The van der Waals surface area contributed by atoms with E-state index >= 15 is 0 Å². The van der Waals surface area contributed by atoms with Gasteiger partial charge in [-0.25, -0.2) is 4.79 Å². The van der Waals surface area contributed by atoms with E-state index in [1.807, 2.05) is 10.6 Å². The Balaban J connectivity index is 2.06. The highest BCUT2D eigenvalue weighted by Crippen LogP contribution is 2.20. The molecule has 6 nitrogen and oxygen atoms in total. The number of esters is 1. The predicted octanol–water partition coefficient (Wildman–Crippen LogP) is 3.82. The molecule has 0 bridgehead atoms. The van der Waals surface area contributed by atoms with Gasteiger partial charge < -0.3 is 14.0 Å². The number of fused-ring (bicyclic) bond motifs is 1. The standard InChI is InChI=1S/C21H20N2O4S/c1-4-12-23-17-11-8-15(20(25)27-5-2)13-18(17)28-21(23)22-19(24)14-6-9-16(26-3)10-7-14/h4,6-11,13H,1,5,12H2,2-3H3. The molecule has 0 radical (unpaired) electrons. The van der Waals surface area contributed by atoms with Crippen LogP contribution in [0.2, 0.25) is 0 Å². The fourth-order valence-electron chi connectivity index (χ4n) is 2.69. The molecule has 0 aliphatic carbocycles. The van der Waals surface area contributed by atoms with Crippen LogP contribution >= 0.6 is 11.3 Å². The lowest BCUT2D eigenvalue weighted by molar-refractivity contribution is 0.0526. The van der Waals surface area contributed by atoms with Crippen molar-refractivity contribution in [1.82, 2.24) is 4.57 Å². The van der Waals surface area contributed by atoms with E-state index in [9.17, 15) is 9.59 Å². The summed E-state index contributed by atoms with van der Waals surface area (Å²) < 4.78 is 12.9. The Morgan fingerprint density at radius 3 is 2.54 bits per heavy atom.